The lowest BCUT2D eigenvalue weighted by Crippen LogP contribution is -2.60. The lowest BCUT2D eigenvalue weighted by Gasteiger charge is -2.40. The van der Waals surface area contributed by atoms with E-state index in [-0.39, 0.29) is 0 Å². The third kappa shape index (κ3) is 4.34. The summed E-state index contributed by atoms with van der Waals surface area (Å²) in [6.45, 7) is -0.689. The number of benzene rings is 1. The summed E-state index contributed by atoms with van der Waals surface area (Å²) in [4.78, 5) is -0.798. The Labute approximate surface area is 146 Å². The molecular formula is C14H17F3O8S. The summed E-state index contributed by atoms with van der Waals surface area (Å²) in [5.41, 5.74) is -1.20. The average molecular weight is 402 g/mol. The van der Waals surface area contributed by atoms with Gasteiger partial charge in [-0.3, -0.25) is 4.18 Å². The number of aliphatic hydroxyl groups excluding tert-OH is 3. The van der Waals surface area contributed by atoms with Crippen molar-refractivity contribution in [3.05, 3.63) is 29.8 Å². The van der Waals surface area contributed by atoms with E-state index >= 15 is 0 Å². The molecule has 0 amide bonds. The minimum atomic E-state index is -4.77. The highest BCUT2D eigenvalue weighted by Gasteiger charge is 2.47. The molecule has 1 aromatic rings. The predicted octanol–water partition coefficient (Wildman–Crippen LogP) is -0.135. The van der Waals surface area contributed by atoms with Crippen molar-refractivity contribution < 1.29 is 50.6 Å². The summed E-state index contributed by atoms with van der Waals surface area (Å²) >= 11 is 0. The Balaban J connectivity index is 2.30. The van der Waals surface area contributed by atoms with Crippen molar-refractivity contribution in [2.24, 2.45) is 0 Å². The van der Waals surface area contributed by atoms with Crippen molar-refractivity contribution in [1.29, 1.82) is 0 Å². The molecule has 0 bridgehead atoms. The van der Waals surface area contributed by atoms with Gasteiger partial charge in [-0.1, -0.05) is 6.07 Å². The lowest BCUT2D eigenvalue weighted by molar-refractivity contribution is -0.288. The smallest absolute Gasteiger partial charge is 0.394 e. The van der Waals surface area contributed by atoms with E-state index in [2.05, 4.69) is 0 Å². The molecule has 3 N–H and O–H groups in total. The highest BCUT2D eigenvalue weighted by atomic mass is 32.2. The van der Waals surface area contributed by atoms with Gasteiger partial charge in [-0.25, -0.2) is 0 Å². The number of halogens is 3. The van der Waals surface area contributed by atoms with Crippen LogP contribution in [-0.2, 0) is 30.0 Å². The molecule has 1 heterocycles. The first-order valence-corrected chi connectivity index (χ1v) is 8.68. The van der Waals surface area contributed by atoms with Crippen molar-refractivity contribution in [3.8, 4) is 0 Å². The molecule has 5 atom stereocenters. The van der Waals surface area contributed by atoms with Crippen LogP contribution >= 0.6 is 0 Å². The maximum absolute atomic E-state index is 12.8. The molecule has 0 saturated carbocycles. The van der Waals surface area contributed by atoms with Crippen molar-refractivity contribution in [2.75, 3.05) is 13.7 Å². The summed E-state index contributed by atoms with van der Waals surface area (Å²) in [6, 6.07) is 2.83. The second-order valence-corrected chi connectivity index (χ2v) is 7.06. The number of methoxy groups -OCH3 is 1. The Morgan fingerprint density at radius 1 is 1.23 bits per heavy atom. The van der Waals surface area contributed by atoms with Gasteiger partial charge < -0.3 is 24.8 Å². The molecule has 0 aliphatic carbocycles. The molecule has 1 fully saturated rings. The van der Waals surface area contributed by atoms with Crippen LogP contribution in [0, 0.1) is 0 Å². The van der Waals surface area contributed by atoms with Gasteiger partial charge in [-0.05, 0) is 18.2 Å². The van der Waals surface area contributed by atoms with Crippen LogP contribution in [0.1, 0.15) is 5.56 Å². The maximum Gasteiger partial charge on any atom is 0.416 e. The van der Waals surface area contributed by atoms with Gasteiger partial charge in [0.15, 0.2) is 12.4 Å². The van der Waals surface area contributed by atoms with Crippen LogP contribution in [-0.4, -0.2) is 68.2 Å². The number of rotatable bonds is 5. The fourth-order valence-electron chi connectivity index (χ4n) is 2.38. The van der Waals surface area contributed by atoms with Crippen molar-refractivity contribution in [2.45, 2.75) is 41.8 Å². The first-order chi connectivity index (χ1) is 12.0. The lowest BCUT2D eigenvalue weighted by atomic mass is 9.99. The number of ether oxygens (including phenoxy) is 2. The minimum Gasteiger partial charge on any atom is -0.394 e. The second kappa shape index (κ2) is 7.76. The van der Waals surface area contributed by atoms with Gasteiger partial charge in [0, 0.05) is 7.11 Å². The number of alkyl halides is 3. The summed E-state index contributed by atoms with van der Waals surface area (Å²) < 4.78 is 77.6. The SMILES string of the molecule is CO[C@H]1O[C@H](CO)[C@@H](O)[C@H](O)[C@H]1OS(=O)(=O)c1cccc(C(F)(F)F)c1. The van der Waals surface area contributed by atoms with E-state index in [9.17, 15) is 31.8 Å². The third-order valence-electron chi connectivity index (χ3n) is 3.74. The van der Waals surface area contributed by atoms with E-state index in [1.807, 2.05) is 0 Å². The summed E-state index contributed by atoms with van der Waals surface area (Å²) in [5.74, 6) is 0. The predicted molar refractivity (Wildman–Crippen MR) is 78.3 cm³/mol. The van der Waals surface area contributed by atoms with Crippen LogP contribution in [0.15, 0.2) is 29.2 Å². The quantitative estimate of drug-likeness (QED) is 0.582. The zero-order valence-electron chi connectivity index (χ0n) is 13.3. The first-order valence-electron chi connectivity index (χ1n) is 7.27. The molecule has 0 radical (unpaired) electrons. The van der Waals surface area contributed by atoms with Gasteiger partial charge in [-0.2, -0.15) is 21.6 Å². The zero-order valence-corrected chi connectivity index (χ0v) is 14.1. The fraction of sp³-hybridized carbons (Fsp3) is 0.571. The number of hydrogen-bond acceptors (Lipinski definition) is 8. The summed E-state index contributed by atoms with van der Waals surface area (Å²) in [7, 11) is -3.67. The van der Waals surface area contributed by atoms with Crippen LogP contribution < -0.4 is 0 Å². The molecule has 1 aliphatic heterocycles. The van der Waals surface area contributed by atoms with Gasteiger partial charge in [0.05, 0.1) is 17.1 Å². The van der Waals surface area contributed by atoms with Crippen LogP contribution in [0.4, 0.5) is 13.2 Å². The number of aliphatic hydroxyl groups is 3. The Kier molecular flexibility index (Phi) is 6.28. The molecule has 8 nitrogen and oxygen atoms in total. The molecule has 0 spiro atoms. The fourth-order valence-corrected chi connectivity index (χ4v) is 3.50. The Morgan fingerprint density at radius 2 is 1.88 bits per heavy atom. The summed E-state index contributed by atoms with van der Waals surface area (Å²) in [6.07, 6.45) is -12.8. The highest BCUT2D eigenvalue weighted by Crippen LogP contribution is 2.32. The topological polar surface area (TPSA) is 123 Å². The molecule has 0 aromatic heterocycles. The van der Waals surface area contributed by atoms with Gasteiger partial charge in [0.1, 0.15) is 18.3 Å². The van der Waals surface area contributed by atoms with Crippen LogP contribution in [0.2, 0.25) is 0 Å². The average Bonchev–Trinajstić information content (AvgIpc) is 2.58. The largest absolute Gasteiger partial charge is 0.416 e. The van der Waals surface area contributed by atoms with Crippen molar-refractivity contribution in [1.82, 2.24) is 0 Å². The van der Waals surface area contributed by atoms with Crippen LogP contribution in [0.3, 0.4) is 0 Å². The number of hydrogen-bond donors (Lipinski definition) is 3. The maximum atomic E-state index is 12.8. The molecule has 1 aliphatic rings. The molecule has 2 rings (SSSR count). The molecular weight excluding hydrogens is 385 g/mol. The van der Waals surface area contributed by atoms with Crippen LogP contribution in [0.5, 0.6) is 0 Å². The molecule has 26 heavy (non-hydrogen) atoms. The van der Waals surface area contributed by atoms with E-state index in [4.69, 9.17) is 18.8 Å². The molecule has 0 unspecified atom stereocenters. The van der Waals surface area contributed by atoms with Gasteiger partial charge in [0.25, 0.3) is 10.1 Å². The first kappa shape index (κ1) is 21.0. The Bertz CT molecular complexity index is 721. The molecule has 1 saturated heterocycles. The van der Waals surface area contributed by atoms with Gasteiger partial charge in [0.2, 0.25) is 0 Å². The monoisotopic (exact) mass is 402 g/mol. The van der Waals surface area contributed by atoms with E-state index < -0.39 is 64.1 Å². The van der Waals surface area contributed by atoms with Crippen molar-refractivity contribution in [3.63, 3.8) is 0 Å². The van der Waals surface area contributed by atoms with Crippen LogP contribution in [0.25, 0.3) is 0 Å². The molecule has 12 heteroatoms. The second-order valence-electron chi connectivity index (χ2n) is 5.48. The Morgan fingerprint density at radius 3 is 2.42 bits per heavy atom. The van der Waals surface area contributed by atoms with E-state index in [0.717, 1.165) is 19.2 Å². The molecule has 1 aromatic carbocycles. The van der Waals surface area contributed by atoms with E-state index in [0.29, 0.717) is 12.1 Å². The molecule has 148 valence electrons. The Hall–Kier alpha value is -1.28. The summed E-state index contributed by atoms with van der Waals surface area (Å²) in [5, 5.41) is 28.9. The standard InChI is InChI=1S/C14H17F3O8S/c1-23-13-12(11(20)10(19)9(6-18)24-13)25-26(21,22)8-4-2-3-7(5-8)14(15,16)17/h2-5,9-13,18-20H,6H2,1H3/t9-,10-,11+,12-,13+/m1/s1. The normalized spacial score (nSPS) is 30.3. The van der Waals surface area contributed by atoms with Gasteiger partial charge in [-0.15, -0.1) is 0 Å². The zero-order chi connectivity index (χ0) is 19.7. The third-order valence-corrected chi connectivity index (χ3v) is 5.05. The highest BCUT2D eigenvalue weighted by molar-refractivity contribution is 7.86. The van der Waals surface area contributed by atoms with E-state index in [1.165, 1.54) is 0 Å². The van der Waals surface area contributed by atoms with Gasteiger partial charge >= 0.3 is 6.18 Å². The van der Waals surface area contributed by atoms with Crippen molar-refractivity contribution >= 4 is 10.1 Å². The minimum absolute atomic E-state index is 0.375. The van der Waals surface area contributed by atoms with E-state index in [1.54, 1.807) is 0 Å².